The third kappa shape index (κ3) is 6.24. The maximum Gasteiger partial charge on any atom is 0.250 e. The molecule has 0 aromatic heterocycles. The van der Waals surface area contributed by atoms with Crippen molar-refractivity contribution in [1.29, 1.82) is 0 Å². The van der Waals surface area contributed by atoms with Crippen molar-refractivity contribution in [1.82, 2.24) is 4.90 Å². The van der Waals surface area contributed by atoms with Crippen LogP contribution in [0.3, 0.4) is 0 Å². The molecular weight excluding hydrogens is 342 g/mol. The lowest BCUT2D eigenvalue weighted by molar-refractivity contribution is -0.140. The van der Waals surface area contributed by atoms with Gasteiger partial charge in [-0.05, 0) is 42.5 Å². The van der Waals surface area contributed by atoms with Crippen LogP contribution in [0.1, 0.15) is 39.2 Å². The van der Waals surface area contributed by atoms with Crippen LogP contribution in [0.4, 0.5) is 11.4 Å². The highest BCUT2D eigenvalue weighted by molar-refractivity contribution is 5.92. The molecule has 0 bridgehead atoms. The van der Waals surface area contributed by atoms with E-state index < -0.39 is 5.41 Å². The van der Waals surface area contributed by atoms with Gasteiger partial charge in [-0.2, -0.15) is 0 Å². The molecule has 0 heterocycles. The molecule has 0 unspecified atom stereocenters. The highest BCUT2D eigenvalue weighted by Gasteiger charge is 2.32. The van der Waals surface area contributed by atoms with E-state index in [-0.39, 0.29) is 18.4 Å². The minimum absolute atomic E-state index is 0.0150. The van der Waals surface area contributed by atoms with Gasteiger partial charge in [0.25, 0.3) is 0 Å². The molecule has 2 amide bonds. The van der Waals surface area contributed by atoms with Crippen molar-refractivity contribution in [2.45, 2.75) is 40.2 Å². The van der Waals surface area contributed by atoms with Crippen molar-refractivity contribution >= 4 is 23.2 Å². The summed E-state index contributed by atoms with van der Waals surface area (Å²) in [6, 6.07) is 5.82. The summed E-state index contributed by atoms with van der Waals surface area (Å²) in [6.07, 6.45) is 2.39. The summed E-state index contributed by atoms with van der Waals surface area (Å²) in [4.78, 5) is 28.8. The number of ether oxygens (including phenoxy) is 1. The minimum atomic E-state index is -0.419. The monoisotopic (exact) mass is 375 g/mol. The Kier molecular flexibility index (Phi) is 6.87. The second kappa shape index (κ2) is 8.74. The average Bonchev–Trinajstić information content (AvgIpc) is 3.37. The Morgan fingerprint density at radius 3 is 2.41 bits per heavy atom. The van der Waals surface area contributed by atoms with E-state index in [1.54, 1.807) is 0 Å². The topological polar surface area (TPSA) is 61.9 Å². The van der Waals surface area contributed by atoms with Gasteiger partial charge < -0.3 is 19.9 Å². The smallest absolute Gasteiger partial charge is 0.250 e. The normalized spacial score (nSPS) is 14.0. The first-order valence-corrected chi connectivity index (χ1v) is 9.50. The van der Waals surface area contributed by atoms with E-state index >= 15 is 0 Å². The molecule has 6 heteroatoms. The lowest BCUT2D eigenvalue weighted by Crippen LogP contribution is -2.40. The highest BCUT2D eigenvalue weighted by Crippen LogP contribution is 2.33. The number of rotatable bonds is 8. The van der Waals surface area contributed by atoms with Crippen LogP contribution < -0.4 is 10.2 Å². The van der Waals surface area contributed by atoms with Crippen LogP contribution in [-0.4, -0.2) is 51.1 Å². The van der Waals surface area contributed by atoms with E-state index in [0.717, 1.165) is 17.8 Å². The molecule has 1 N–H and O–H groups in total. The number of methoxy groups -OCH3 is 1. The van der Waals surface area contributed by atoms with Gasteiger partial charge in [0.05, 0.1) is 0 Å². The molecule has 1 aliphatic rings. The van der Waals surface area contributed by atoms with Crippen LogP contribution in [0.15, 0.2) is 18.2 Å². The molecule has 27 heavy (non-hydrogen) atoms. The molecule has 0 spiro atoms. The predicted molar refractivity (Wildman–Crippen MR) is 109 cm³/mol. The van der Waals surface area contributed by atoms with Gasteiger partial charge in [-0.25, -0.2) is 0 Å². The first-order chi connectivity index (χ1) is 12.6. The van der Waals surface area contributed by atoms with Crippen molar-refractivity contribution in [2.24, 2.45) is 11.3 Å². The summed E-state index contributed by atoms with van der Waals surface area (Å²) >= 11 is 0. The van der Waals surface area contributed by atoms with E-state index in [1.165, 1.54) is 20.0 Å². The molecule has 150 valence electrons. The molecule has 0 aliphatic heterocycles. The third-order valence-electron chi connectivity index (χ3n) is 4.59. The summed E-state index contributed by atoms with van der Waals surface area (Å²) < 4.78 is 4.88. The number of nitrogens with zero attached hydrogens (tertiary/aromatic N) is 2. The van der Waals surface area contributed by atoms with Crippen molar-refractivity contribution in [3.63, 3.8) is 0 Å². The zero-order valence-electron chi connectivity index (χ0n) is 17.5. The Balaban J connectivity index is 2.28. The summed E-state index contributed by atoms with van der Waals surface area (Å²) in [5.41, 5.74) is 2.36. The number of hydrogen-bond donors (Lipinski definition) is 1. The molecule has 1 aromatic rings. The van der Waals surface area contributed by atoms with Gasteiger partial charge in [0, 0.05) is 51.1 Å². The molecular formula is C21H33N3O3. The summed E-state index contributed by atoms with van der Waals surface area (Å²) in [5, 5.41) is 2.85. The van der Waals surface area contributed by atoms with E-state index in [2.05, 4.69) is 5.32 Å². The lowest BCUT2D eigenvalue weighted by Gasteiger charge is -2.31. The van der Waals surface area contributed by atoms with Crippen LogP contribution in [0, 0.1) is 11.3 Å². The van der Waals surface area contributed by atoms with Crippen LogP contribution >= 0.6 is 0 Å². The van der Waals surface area contributed by atoms with Gasteiger partial charge >= 0.3 is 0 Å². The lowest BCUT2D eigenvalue weighted by atomic mass is 9.94. The number of anilines is 2. The highest BCUT2D eigenvalue weighted by atomic mass is 16.5. The van der Waals surface area contributed by atoms with Gasteiger partial charge in [-0.1, -0.05) is 20.8 Å². The van der Waals surface area contributed by atoms with E-state index in [9.17, 15) is 9.59 Å². The number of amides is 2. The van der Waals surface area contributed by atoms with Crippen LogP contribution in [-0.2, 0) is 20.9 Å². The third-order valence-corrected chi connectivity index (χ3v) is 4.59. The molecule has 0 atom stereocenters. The number of carbonyl (C=O) groups is 2. The van der Waals surface area contributed by atoms with Gasteiger partial charge in [-0.15, -0.1) is 0 Å². The standard InChI is InChI=1S/C21H33N3O3/c1-21(2,3)20(26)24(12-15-7-8-15)13-16-11-17(22-19(25)14-27-6)9-10-18(16)23(4)5/h9-11,15H,7-8,12-14H2,1-6H3,(H,22,25). The molecule has 0 saturated heterocycles. The van der Waals surface area contributed by atoms with Crippen molar-refractivity contribution in [3.8, 4) is 0 Å². The second-order valence-corrected chi connectivity index (χ2v) is 8.60. The maximum atomic E-state index is 13.0. The maximum absolute atomic E-state index is 13.0. The Labute approximate surface area is 162 Å². The van der Waals surface area contributed by atoms with Crippen LogP contribution in [0.2, 0.25) is 0 Å². The van der Waals surface area contributed by atoms with Gasteiger partial charge in [0.15, 0.2) is 0 Å². The quantitative estimate of drug-likeness (QED) is 0.758. The Bertz CT molecular complexity index is 676. The van der Waals surface area contributed by atoms with E-state index in [0.29, 0.717) is 18.2 Å². The van der Waals surface area contributed by atoms with E-state index in [4.69, 9.17) is 4.74 Å². The number of carbonyl (C=O) groups excluding carboxylic acids is 2. The fraction of sp³-hybridized carbons (Fsp3) is 0.619. The number of nitrogens with one attached hydrogen (secondary N) is 1. The zero-order chi connectivity index (χ0) is 20.2. The Hall–Kier alpha value is -2.08. The first kappa shape index (κ1) is 21.2. The number of benzene rings is 1. The SMILES string of the molecule is COCC(=O)Nc1ccc(N(C)C)c(CN(CC2CC2)C(=O)C(C)(C)C)c1. The van der Waals surface area contributed by atoms with Crippen molar-refractivity contribution in [2.75, 3.05) is 44.6 Å². The summed E-state index contributed by atoms with van der Waals surface area (Å²) in [7, 11) is 5.46. The van der Waals surface area contributed by atoms with Crippen molar-refractivity contribution in [3.05, 3.63) is 23.8 Å². The molecule has 2 rings (SSSR count). The van der Waals surface area contributed by atoms with Gasteiger partial charge in [-0.3, -0.25) is 9.59 Å². The first-order valence-electron chi connectivity index (χ1n) is 9.50. The molecule has 1 aliphatic carbocycles. The van der Waals surface area contributed by atoms with Crippen LogP contribution in [0.25, 0.3) is 0 Å². The predicted octanol–water partition coefficient (Wildman–Crippen LogP) is 3.12. The van der Waals surface area contributed by atoms with Crippen molar-refractivity contribution < 1.29 is 14.3 Å². The number of hydrogen-bond acceptors (Lipinski definition) is 4. The Morgan fingerprint density at radius 2 is 1.89 bits per heavy atom. The van der Waals surface area contributed by atoms with E-state index in [1.807, 2.05) is 62.9 Å². The average molecular weight is 376 g/mol. The van der Waals surface area contributed by atoms with Gasteiger partial charge in [0.1, 0.15) is 6.61 Å². The molecule has 1 fully saturated rings. The Morgan fingerprint density at radius 1 is 1.22 bits per heavy atom. The van der Waals surface area contributed by atoms with Crippen LogP contribution in [0.5, 0.6) is 0 Å². The summed E-state index contributed by atoms with van der Waals surface area (Å²) in [6.45, 7) is 7.23. The summed E-state index contributed by atoms with van der Waals surface area (Å²) in [5.74, 6) is 0.582. The molecule has 1 aromatic carbocycles. The second-order valence-electron chi connectivity index (χ2n) is 8.60. The fourth-order valence-electron chi connectivity index (χ4n) is 3.07. The molecule has 0 radical (unpaired) electrons. The molecule has 1 saturated carbocycles. The van der Waals surface area contributed by atoms with Gasteiger partial charge in [0.2, 0.25) is 11.8 Å². The zero-order valence-corrected chi connectivity index (χ0v) is 17.5. The fourth-order valence-corrected chi connectivity index (χ4v) is 3.07. The minimum Gasteiger partial charge on any atom is -0.377 e. The molecule has 6 nitrogen and oxygen atoms in total. The largest absolute Gasteiger partial charge is 0.377 e.